The Kier molecular flexibility index (Phi) is 11.6. The maximum atomic E-state index is 10.0. The first-order chi connectivity index (χ1) is 4.35. The zero-order chi connectivity index (χ0) is 7.11. The standard InChI is InChI=1S/C6H12O3.Al.3H/c1-3-8-6(5-7)9-4-2;;;;/h5-6H,3-4H2,1-2H3;;;;. The zero-order valence-electron chi connectivity index (χ0n) is 5.79. The van der Waals surface area contributed by atoms with Crippen molar-refractivity contribution in [1.82, 2.24) is 0 Å². The Balaban J connectivity index is 0. The fourth-order valence-corrected chi connectivity index (χ4v) is 0.455. The van der Waals surface area contributed by atoms with E-state index < -0.39 is 6.29 Å². The number of rotatable bonds is 5. The number of hydrogen-bond donors (Lipinski definition) is 0. The van der Waals surface area contributed by atoms with Crippen LogP contribution < -0.4 is 0 Å². The fraction of sp³-hybridized carbons (Fsp3) is 0.833. The third kappa shape index (κ3) is 6.25. The van der Waals surface area contributed by atoms with E-state index in [-0.39, 0.29) is 17.4 Å². The van der Waals surface area contributed by atoms with E-state index in [1.807, 2.05) is 13.8 Å². The molecule has 0 rings (SSSR count). The largest absolute Gasteiger partial charge is 0.347 e. The zero-order valence-corrected chi connectivity index (χ0v) is 5.79. The van der Waals surface area contributed by atoms with Crippen LogP contribution in [0.5, 0.6) is 0 Å². The summed E-state index contributed by atoms with van der Waals surface area (Å²) in [6.07, 6.45) is -0.0208. The molecule has 0 saturated carbocycles. The molecule has 0 aromatic rings. The first kappa shape index (κ1) is 12.8. The van der Waals surface area contributed by atoms with Gasteiger partial charge in [-0.1, -0.05) is 0 Å². The average Bonchev–Trinajstić information content (AvgIpc) is 1.88. The molecule has 0 N–H and O–H groups in total. The van der Waals surface area contributed by atoms with Crippen LogP contribution in [-0.4, -0.2) is 43.2 Å². The molecule has 10 heavy (non-hydrogen) atoms. The highest BCUT2D eigenvalue weighted by molar-refractivity contribution is 5.75. The van der Waals surface area contributed by atoms with Crippen molar-refractivity contribution < 1.29 is 14.3 Å². The van der Waals surface area contributed by atoms with Gasteiger partial charge in [-0.2, -0.15) is 0 Å². The van der Waals surface area contributed by atoms with Gasteiger partial charge in [-0.15, -0.1) is 0 Å². The van der Waals surface area contributed by atoms with E-state index >= 15 is 0 Å². The lowest BCUT2D eigenvalue weighted by atomic mass is 10.7. The Morgan fingerprint density at radius 2 is 1.70 bits per heavy atom. The first-order valence-electron chi connectivity index (χ1n) is 3.03. The van der Waals surface area contributed by atoms with Crippen LogP contribution in [0.2, 0.25) is 0 Å². The van der Waals surface area contributed by atoms with Gasteiger partial charge in [0.15, 0.2) is 23.6 Å². The van der Waals surface area contributed by atoms with Gasteiger partial charge in [0.1, 0.15) is 0 Å². The highest BCUT2D eigenvalue weighted by Gasteiger charge is 2.02. The van der Waals surface area contributed by atoms with E-state index in [2.05, 4.69) is 0 Å². The first-order valence-corrected chi connectivity index (χ1v) is 3.03. The Bertz CT molecular complexity index is 71.4. The minimum absolute atomic E-state index is 0. The van der Waals surface area contributed by atoms with Gasteiger partial charge >= 0.3 is 0 Å². The maximum absolute atomic E-state index is 10.0. The van der Waals surface area contributed by atoms with E-state index in [9.17, 15) is 4.79 Å². The summed E-state index contributed by atoms with van der Waals surface area (Å²) in [6.45, 7) is 4.64. The van der Waals surface area contributed by atoms with E-state index in [1.54, 1.807) is 0 Å². The molecule has 0 fully saturated rings. The van der Waals surface area contributed by atoms with Crippen molar-refractivity contribution in [3.05, 3.63) is 0 Å². The molecule has 0 atom stereocenters. The van der Waals surface area contributed by atoms with Crippen molar-refractivity contribution in [3.8, 4) is 0 Å². The van der Waals surface area contributed by atoms with Crippen LogP contribution in [0.4, 0.5) is 0 Å². The van der Waals surface area contributed by atoms with Crippen molar-refractivity contribution >= 4 is 23.6 Å². The minimum atomic E-state index is -0.667. The Hall–Kier alpha value is 0.122. The third-order valence-corrected chi connectivity index (χ3v) is 0.773. The molecular formula is C6H15AlO3. The van der Waals surface area contributed by atoms with Crippen LogP contribution in [0, 0.1) is 0 Å². The van der Waals surface area contributed by atoms with Gasteiger partial charge in [-0.25, -0.2) is 0 Å². The van der Waals surface area contributed by atoms with E-state index in [1.165, 1.54) is 0 Å². The summed E-state index contributed by atoms with van der Waals surface area (Å²) in [4.78, 5) is 10.0. The second-order valence-corrected chi connectivity index (χ2v) is 1.42. The molecule has 60 valence electrons. The van der Waals surface area contributed by atoms with Crippen LogP contribution in [0.1, 0.15) is 13.8 Å². The Labute approximate surface area is 71.8 Å². The van der Waals surface area contributed by atoms with Crippen LogP contribution in [-0.2, 0) is 14.3 Å². The van der Waals surface area contributed by atoms with E-state index in [4.69, 9.17) is 9.47 Å². The minimum Gasteiger partial charge on any atom is -0.347 e. The lowest BCUT2D eigenvalue weighted by molar-refractivity contribution is -0.155. The normalized spacial score (nSPS) is 9.10. The summed E-state index contributed by atoms with van der Waals surface area (Å²) < 4.78 is 9.68. The van der Waals surface area contributed by atoms with Crippen molar-refractivity contribution in [2.45, 2.75) is 20.1 Å². The summed E-state index contributed by atoms with van der Waals surface area (Å²) in [5, 5.41) is 0. The van der Waals surface area contributed by atoms with Crippen molar-refractivity contribution in [3.63, 3.8) is 0 Å². The second kappa shape index (κ2) is 9.12. The van der Waals surface area contributed by atoms with Gasteiger partial charge in [0, 0.05) is 13.2 Å². The number of aldehydes is 1. The molecule has 0 radical (unpaired) electrons. The fourth-order valence-electron chi connectivity index (χ4n) is 0.455. The molecule has 0 amide bonds. The molecule has 0 spiro atoms. The average molecular weight is 162 g/mol. The Morgan fingerprint density at radius 3 is 1.90 bits per heavy atom. The topological polar surface area (TPSA) is 35.5 Å². The van der Waals surface area contributed by atoms with Crippen LogP contribution in [0.3, 0.4) is 0 Å². The SMILES string of the molecule is CCOC(C=O)OCC.[AlH3]. The van der Waals surface area contributed by atoms with E-state index in [0.717, 1.165) is 0 Å². The lowest BCUT2D eigenvalue weighted by Crippen LogP contribution is -2.18. The molecule has 0 aliphatic rings. The molecule has 4 heteroatoms. The summed E-state index contributed by atoms with van der Waals surface area (Å²) in [6, 6.07) is 0. The second-order valence-electron chi connectivity index (χ2n) is 1.42. The number of ether oxygens (including phenoxy) is 2. The molecular weight excluding hydrogens is 147 g/mol. The number of carbonyl (C=O) groups is 1. The molecule has 3 nitrogen and oxygen atoms in total. The predicted octanol–water partition coefficient (Wildman–Crippen LogP) is -0.600. The quantitative estimate of drug-likeness (QED) is 0.307. The van der Waals surface area contributed by atoms with Crippen molar-refractivity contribution in [2.24, 2.45) is 0 Å². The van der Waals surface area contributed by atoms with Crippen molar-refractivity contribution in [1.29, 1.82) is 0 Å². The maximum Gasteiger partial charge on any atom is 0.214 e. The van der Waals surface area contributed by atoms with Gasteiger partial charge in [0.2, 0.25) is 6.29 Å². The van der Waals surface area contributed by atoms with Gasteiger partial charge in [-0.05, 0) is 13.8 Å². The van der Waals surface area contributed by atoms with E-state index in [0.29, 0.717) is 19.5 Å². The number of hydrogen-bond acceptors (Lipinski definition) is 3. The van der Waals surface area contributed by atoms with Crippen LogP contribution in [0.25, 0.3) is 0 Å². The highest BCUT2D eigenvalue weighted by Crippen LogP contribution is 1.88. The Morgan fingerprint density at radius 1 is 1.30 bits per heavy atom. The molecule has 0 aromatic carbocycles. The van der Waals surface area contributed by atoms with Crippen LogP contribution in [0.15, 0.2) is 0 Å². The summed E-state index contributed by atoms with van der Waals surface area (Å²) in [5.74, 6) is 0. The summed E-state index contributed by atoms with van der Waals surface area (Å²) in [5.41, 5.74) is 0. The van der Waals surface area contributed by atoms with Gasteiger partial charge in [-0.3, -0.25) is 4.79 Å². The van der Waals surface area contributed by atoms with Crippen molar-refractivity contribution in [2.75, 3.05) is 13.2 Å². The van der Waals surface area contributed by atoms with Gasteiger partial charge in [0.25, 0.3) is 0 Å². The molecule has 0 bridgehead atoms. The summed E-state index contributed by atoms with van der Waals surface area (Å²) in [7, 11) is 0. The number of carbonyl (C=O) groups excluding carboxylic acids is 1. The predicted molar refractivity (Wildman–Crippen MR) is 43.0 cm³/mol. The van der Waals surface area contributed by atoms with Crippen LogP contribution >= 0.6 is 0 Å². The molecule has 0 aromatic heterocycles. The molecule has 0 aliphatic heterocycles. The molecule has 0 aliphatic carbocycles. The monoisotopic (exact) mass is 162 g/mol. The third-order valence-electron chi connectivity index (χ3n) is 0.773. The molecule has 0 unspecified atom stereocenters. The molecule has 0 heterocycles. The smallest absolute Gasteiger partial charge is 0.214 e. The van der Waals surface area contributed by atoms with Gasteiger partial charge < -0.3 is 9.47 Å². The van der Waals surface area contributed by atoms with Gasteiger partial charge in [0.05, 0.1) is 0 Å². The molecule has 0 saturated heterocycles. The highest BCUT2D eigenvalue weighted by atomic mass is 27.0. The lowest BCUT2D eigenvalue weighted by Gasteiger charge is -2.08. The summed E-state index contributed by atoms with van der Waals surface area (Å²) >= 11 is 0.